The van der Waals surface area contributed by atoms with Crippen molar-refractivity contribution in [3.63, 3.8) is 0 Å². The molecule has 0 unspecified atom stereocenters. The fraction of sp³-hybridized carbons (Fsp3) is 0.0556. The van der Waals surface area contributed by atoms with Crippen molar-refractivity contribution in [2.24, 2.45) is 5.10 Å². The van der Waals surface area contributed by atoms with E-state index in [4.69, 9.17) is 4.42 Å². The third kappa shape index (κ3) is 3.81. The van der Waals surface area contributed by atoms with Crippen molar-refractivity contribution in [2.45, 2.75) is 6.92 Å². The number of carbonyl (C=O) groups excluding carboxylic acids is 1. The molecule has 0 aliphatic heterocycles. The molecule has 1 aromatic carbocycles. The van der Waals surface area contributed by atoms with Crippen molar-refractivity contribution in [2.75, 3.05) is 5.43 Å². The second kappa shape index (κ2) is 7.39. The number of nitro groups is 1. The Bertz CT molecular complexity index is 977. The molecule has 0 bridgehead atoms. The number of benzene rings is 1. The summed E-state index contributed by atoms with van der Waals surface area (Å²) in [6.45, 7) is 1.51. The van der Waals surface area contributed by atoms with E-state index in [1.54, 1.807) is 36.4 Å². The molecule has 2 heterocycles. The van der Waals surface area contributed by atoms with Crippen LogP contribution in [-0.2, 0) is 0 Å². The van der Waals surface area contributed by atoms with E-state index >= 15 is 0 Å². The van der Waals surface area contributed by atoms with Gasteiger partial charge in [-0.3, -0.25) is 20.3 Å². The molecule has 0 radical (unpaired) electrons. The van der Waals surface area contributed by atoms with Crippen LogP contribution in [0.2, 0.25) is 0 Å². The summed E-state index contributed by atoms with van der Waals surface area (Å²) in [5.41, 5.74) is 3.81. The van der Waals surface area contributed by atoms with Crippen molar-refractivity contribution >= 4 is 23.5 Å². The van der Waals surface area contributed by atoms with Gasteiger partial charge in [0, 0.05) is 23.4 Å². The van der Waals surface area contributed by atoms with E-state index in [9.17, 15) is 14.9 Å². The van der Waals surface area contributed by atoms with Gasteiger partial charge in [-0.05, 0) is 25.1 Å². The van der Waals surface area contributed by atoms with E-state index in [1.807, 2.05) is 0 Å². The van der Waals surface area contributed by atoms with Crippen LogP contribution in [0.25, 0.3) is 11.3 Å². The topological polar surface area (TPSA) is 111 Å². The van der Waals surface area contributed by atoms with Crippen molar-refractivity contribution < 1.29 is 14.1 Å². The number of rotatable bonds is 6. The van der Waals surface area contributed by atoms with E-state index in [-0.39, 0.29) is 17.3 Å². The predicted octanol–water partition coefficient (Wildman–Crippen LogP) is 3.90. The van der Waals surface area contributed by atoms with Crippen LogP contribution in [0.1, 0.15) is 23.0 Å². The Morgan fingerprint density at radius 2 is 2.00 bits per heavy atom. The second-order valence-electron chi connectivity index (χ2n) is 5.33. The number of aromatic nitrogens is 1. The Labute approximate surface area is 148 Å². The standard InChI is InChI=1S/C18H14N4O4/c1-12(23)13-4-6-14(7-5-13)17-9-8-15(26-17)11-20-21-18-16(22(24)25)3-2-10-19-18/h2-11H,1H3,(H,19,21)/b20-11-. The molecule has 130 valence electrons. The largest absolute Gasteiger partial charge is 0.455 e. The van der Waals surface area contributed by atoms with Gasteiger partial charge in [-0.15, -0.1) is 0 Å². The number of hydrazone groups is 1. The van der Waals surface area contributed by atoms with Gasteiger partial charge in [-0.25, -0.2) is 4.98 Å². The smallest absolute Gasteiger partial charge is 0.313 e. The molecule has 26 heavy (non-hydrogen) atoms. The van der Waals surface area contributed by atoms with Gasteiger partial charge in [0.25, 0.3) is 0 Å². The fourth-order valence-electron chi connectivity index (χ4n) is 2.23. The van der Waals surface area contributed by atoms with E-state index in [1.165, 1.54) is 31.5 Å². The SMILES string of the molecule is CC(=O)c1ccc(-c2ccc(/C=N\Nc3ncccc3[N+](=O)[O-])o2)cc1. The molecule has 3 rings (SSSR count). The Morgan fingerprint density at radius 3 is 2.69 bits per heavy atom. The minimum Gasteiger partial charge on any atom is -0.455 e. The molecule has 0 fully saturated rings. The maximum absolute atomic E-state index is 11.3. The van der Waals surface area contributed by atoms with Gasteiger partial charge in [-0.2, -0.15) is 5.10 Å². The molecule has 2 aromatic heterocycles. The van der Waals surface area contributed by atoms with Crippen LogP contribution < -0.4 is 5.43 Å². The predicted molar refractivity (Wildman–Crippen MR) is 96.3 cm³/mol. The summed E-state index contributed by atoms with van der Waals surface area (Å²) in [7, 11) is 0. The van der Waals surface area contributed by atoms with Gasteiger partial charge < -0.3 is 4.42 Å². The van der Waals surface area contributed by atoms with Crippen molar-refractivity contribution in [1.29, 1.82) is 0 Å². The number of nitrogens with one attached hydrogen (secondary N) is 1. The maximum atomic E-state index is 11.3. The van der Waals surface area contributed by atoms with Crippen LogP contribution in [0.15, 0.2) is 64.2 Å². The van der Waals surface area contributed by atoms with Gasteiger partial charge in [0.1, 0.15) is 11.5 Å². The van der Waals surface area contributed by atoms with E-state index in [0.29, 0.717) is 17.1 Å². The lowest BCUT2D eigenvalue weighted by Crippen LogP contribution is -1.98. The Hall–Kier alpha value is -3.81. The average molecular weight is 350 g/mol. The molecule has 0 atom stereocenters. The van der Waals surface area contributed by atoms with Crippen LogP contribution in [0.3, 0.4) is 0 Å². The van der Waals surface area contributed by atoms with Crippen molar-refractivity contribution in [1.82, 2.24) is 4.98 Å². The Morgan fingerprint density at radius 1 is 1.23 bits per heavy atom. The number of anilines is 1. The molecule has 8 heteroatoms. The average Bonchev–Trinajstić information content (AvgIpc) is 3.11. The van der Waals surface area contributed by atoms with Crippen molar-refractivity contribution in [3.05, 3.63) is 76.2 Å². The second-order valence-corrected chi connectivity index (χ2v) is 5.33. The first kappa shape index (κ1) is 17.0. The number of furan rings is 1. The highest BCUT2D eigenvalue weighted by Gasteiger charge is 2.13. The number of ketones is 1. The van der Waals surface area contributed by atoms with Gasteiger partial charge in [0.2, 0.25) is 5.82 Å². The zero-order chi connectivity index (χ0) is 18.5. The van der Waals surface area contributed by atoms with Crippen LogP contribution >= 0.6 is 0 Å². The van der Waals surface area contributed by atoms with Crippen LogP contribution in [0.5, 0.6) is 0 Å². The molecule has 0 saturated carbocycles. The fourth-order valence-corrected chi connectivity index (χ4v) is 2.23. The van der Waals surface area contributed by atoms with Gasteiger partial charge in [0.15, 0.2) is 5.78 Å². The summed E-state index contributed by atoms with van der Waals surface area (Å²) in [4.78, 5) is 25.6. The normalized spacial score (nSPS) is 10.8. The Kier molecular flexibility index (Phi) is 4.84. The third-order valence-corrected chi connectivity index (χ3v) is 3.55. The minimum absolute atomic E-state index is 0.00138. The summed E-state index contributed by atoms with van der Waals surface area (Å²) < 4.78 is 5.66. The van der Waals surface area contributed by atoms with Crippen molar-refractivity contribution in [3.8, 4) is 11.3 Å². The quantitative estimate of drug-likeness (QED) is 0.312. The lowest BCUT2D eigenvalue weighted by Gasteiger charge is -1.99. The number of carbonyl (C=O) groups is 1. The van der Waals surface area contributed by atoms with E-state index in [0.717, 1.165) is 5.56 Å². The number of Topliss-reactive ketones (excluding diaryl/α,β-unsaturated/α-hetero) is 1. The monoisotopic (exact) mass is 350 g/mol. The first-order valence-corrected chi connectivity index (χ1v) is 7.64. The van der Waals surface area contributed by atoms with Crippen LogP contribution in [-0.4, -0.2) is 21.9 Å². The first-order valence-electron chi connectivity index (χ1n) is 7.64. The minimum atomic E-state index is -0.541. The number of pyridine rings is 1. The van der Waals surface area contributed by atoms with Gasteiger partial charge in [-0.1, -0.05) is 24.3 Å². The summed E-state index contributed by atoms with van der Waals surface area (Å²) in [6.07, 6.45) is 2.83. The molecule has 8 nitrogen and oxygen atoms in total. The molecular weight excluding hydrogens is 336 g/mol. The highest BCUT2D eigenvalue weighted by atomic mass is 16.6. The highest BCUT2D eigenvalue weighted by molar-refractivity contribution is 5.94. The molecule has 3 aromatic rings. The molecule has 0 aliphatic rings. The molecule has 0 aliphatic carbocycles. The van der Waals surface area contributed by atoms with E-state index < -0.39 is 4.92 Å². The molecule has 0 amide bonds. The number of nitrogens with zero attached hydrogens (tertiary/aromatic N) is 3. The summed E-state index contributed by atoms with van der Waals surface area (Å²) in [6, 6.07) is 13.4. The Balaban J connectivity index is 1.71. The number of hydrogen-bond acceptors (Lipinski definition) is 7. The first-order chi connectivity index (χ1) is 12.5. The molecular formula is C18H14N4O4. The van der Waals surface area contributed by atoms with Crippen LogP contribution in [0.4, 0.5) is 11.5 Å². The molecule has 0 saturated heterocycles. The zero-order valence-electron chi connectivity index (χ0n) is 13.7. The molecule has 0 spiro atoms. The van der Waals surface area contributed by atoms with Gasteiger partial charge >= 0.3 is 5.69 Å². The van der Waals surface area contributed by atoms with E-state index in [2.05, 4.69) is 15.5 Å². The summed E-state index contributed by atoms with van der Waals surface area (Å²) >= 11 is 0. The highest BCUT2D eigenvalue weighted by Crippen LogP contribution is 2.23. The molecule has 1 N–H and O–H groups in total. The lowest BCUT2D eigenvalue weighted by atomic mass is 10.1. The number of hydrogen-bond donors (Lipinski definition) is 1. The van der Waals surface area contributed by atoms with Crippen LogP contribution in [0, 0.1) is 10.1 Å². The zero-order valence-corrected chi connectivity index (χ0v) is 13.7. The summed E-state index contributed by atoms with van der Waals surface area (Å²) in [5.74, 6) is 1.12. The lowest BCUT2D eigenvalue weighted by molar-refractivity contribution is -0.384. The maximum Gasteiger partial charge on any atom is 0.313 e. The summed E-state index contributed by atoms with van der Waals surface area (Å²) in [5, 5.41) is 14.8. The third-order valence-electron chi connectivity index (χ3n) is 3.55. The van der Waals surface area contributed by atoms with Gasteiger partial charge in [0.05, 0.1) is 11.1 Å².